The zero-order chi connectivity index (χ0) is 15.4. The molecule has 2 rings (SSSR count). The minimum Gasteiger partial charge on any atom is -0.469 e. The fraction of sp³-hybridized carbons (Fsp3) is 0.643. The van der Waals surface area contributed by atoms with Crippen LogP contribution in [0.15, 0.2) is 22.8 Å². The molecule has 0 N–H and O–H groups in total. The molecule has 1 heterocycles. The molecule has 116 valence electrons. The molecule has 1 aliphatic carbocycles. The lowest BCUT2D eigenvalue weighted by molar-refractivity contribution is -0.541. The molecule has 7 nitrogen and oxygen atoms in total. The summed E-state index contributed by atoms with van der Waals surface area (Å²) >= 11 is 0. The molecule has 7 heteroatoms. The van der Waals surface area contributed by atoms with Gasteiger partial charge in [0.1, 0.15) is 18.3 Å². The Balaban J connectivity index is 2.25. The van der Waals surface area contributed by atoms with Crippen LogP contribution < -0.4 is 0 Å². The number of carbonyl (C=O) groups excluding carboxylic acids is 1. The number of hydrogen-bond donors (Lipinski definition) is 0. The monoisotopic (exact) mass is 297 g/mol. The summed E-state index contributed by atoms with van der Waals surface area (Å²) in [5.74, 6) is -0.973. The van der Waals surface area contributed by atoms with Crippen LogP contribution in [0.3, 0.4) is 0 Å². The number of ketones is 1. The van der Waals surface area contributed by atoms with Crippen LogP contribution in [0, 0.1) is 22.0 Å². The van der Waals surface area contributed by atoms with Crippen LogP contribution in [0.5, 0.6) is 0 Å². The average molecular weight is 297 g/mol. The van der Waals surface area contributed by atoms with Crippen molar-refractivity contribution < 1.29 is 23.6 Å². The van der Waals surface area contributed by atoms with E-state index in [1.165, 1.54) is 13.4 Å². The van der Waals surface area contributed by atoms with Crippen molar-refractivity contribution in [2.24, 2.45) is 11.8 Å². The van der Waals surface area contributed by atoms with Gasteiger partial charge in [-0.2, -0.15) is 0 Å². The van der Waals surface area contributed by atoms with E-state index in [0.717, 1.165) is 0 Å². The van der Waals surface area contributed by atoms with Gasteiger partial charge in [-0.3, -0.25) is 14.9 Å². The van der Waals surface area contributed by atoms with Crippen molar-refractivity contribution in [2.45, 2.75) is 25.3 Å². The molecule has 0 saturated heterocycles. The quantitative estimate of drug-likeness (QED) is 0.344. The Bertz CT molecular complexity index is 486. The first kappa shape index (κ1) is 15.7. The van der Waals surface area contributed by atoms with Crippen LogP contribution in [0.2, 0.25) is 0 Å². The summed E-state index contributed by atoms with van der Waals surface area (Å²) in [6, 6.07) is 2.45. The van der Waals surface area contributed by atoms with Crippen molar-refractivity contribution in [3.63, 3.8) is 0 Å². The second kappa shape index (κ2) is 6.82. The molecule has 21 heavy (non-hydrogen) atoms. The zero-order valence-electron chi connectivity index (χ0n) is 12.1. The van der Waals surface area contributed by atoms with E-state index in [2.05, 4.69) is 0 Å². The first-order valence-corrected chi connectivity index (χ1v) is 6.82. The minimum atomic E-state index is -0.902. The number of furan rings is 1. The summed E-state index contributed by atoms with van der Waals surface area (Å²) in [6.07, 6.45) is 1.59. The van der Waals surface area contributed by atoms with E-state index in [1.54, 1.807) is 19.1 Å². The van der Waals surface area contributed by atoms with Gasteiger partial charge in [-0.25, -0.2) is 0 Å². The number of ether oxygens (including phenoxy) is 2. The summed E-state index contributed by atoms with van der Waals surface area (Å²) in [4.78, 5) is 23.4. The second-order valence-electron chi connectivity index (χ2n) is 5.30. The maximum atomic E-state index is 12.2. The first-order chi connectivity index (χ1) is 10.1. The lowest BCUT2D eigenvalue weighted by atomic mass is 9.70. The summed E-state index contributed by atoms with van der Waals surface area (Å²) in [5, 5.41) is 11.5. The van der Waals surface area contributed by atoms with Gasteiger partial charge in [0, 0.05) is 24.4 Å². The maximum Gasteiger partial charge on any atom is 0.229 e. The average Bonchev–Trinajstić information content (AvgIpc) is 2.96. The summed E-state index contributed by atoms with van der Waals surface area (Å²) < 4.78 is 15.4. The van der Waals surface area contributed by atoms with Crippen LogP contribution in [0.4, 0.5) is 0 Å². The molecule has 0 aromatic carbocycles. The Morgan fingerprint density at radius 3 is 2.86 bits per heavy atom. The molecule has 0 unspecified atom stereocenters. The molecule has 0 spiro atoms. The third-order valence-corrected chi connectivity index (χ3v) is 4.09. The third kappa shape index (κ3) is 3.30. The highest BCUT2D eigenvalue weighted by Gasteiger charge is 2.50. The number of rotatable bonds is 6. The Morgan fingerprint density at radius 1 is 1.52 bits per heavy atom. The summed E-state index contributed by atoms with van der Waals surface area (Å²) in [6.45, 7) is 1.88. The molecule has 1 aromatic rings. The van der Waals surface area contributed by atoms with E-state index >= 15 is 0 Å². The summed E-state index contributed by atoms with van der Waals surface area (Å²) in [5.41, 5.74) is 0. The number of methoxy groups -OCH3 is 1. The van der Waals surface area contributed by atoms with Gasteiger partial charge in [-0.05, 0) is 12.1 Å². The van der Waals surface area contributed by atoms with E-state index in [9.17, 15) is 14.9 Å². The molecule has 1 aliphatic rings. The first-order valence-electron chi connectivity index (χ1n) is 6.82. The number of nitro groups is 1. The number of Topliss-reactive ketones (excluding diaryl/α,β-unsaturated/α-hetero) is 1. The Hall–Kier alpha value is -1.73. The highest BCUT2D eigenvalue weighted by molar-refractivity contribution is 5.83. The van der Waals surface area contributed by atoms with E-state index < -0.39 is 23.8 Å². The molecular weight excluding hydrogens is 278 g/mol. The van der Waals surface area contributed by atoms with Gasteiger partial charge in [-0.15, -0.1) is 0 Å². The molecular formula is C14H19NO6. The highest BCUT2D eigenvalue weighted by Crippen LogP contribution is 2.39. The molecule has 0 amide bonds. The molecule has 1 fully saturated rings. The van der Waals surface area contributed by atoms with Crippen LogP contribution in [-0.2, 0) is 14.3 Å². The molecule has 4 atom stereocenters. The van der Waals surface area contributed by atoms with Gasteiger partial charge in [0.25, 0.3) is 0 Å². The fourth-order valence-electron chi connectivity index (χ4n) is 2.94. The minimum absolute atomic E-state index is 0.000479. The van der Waals surface area contributed by atoms with Gasteiger partial charge in [-0.1, -0.05) is 6.92 Å². The van der Waals surface area contributed by atoms with Crippen LogP contribution in [0.25, 0.3) is 0 Å². The van der Waals surface area contributed by atoms with Crippen molar-refractivity contribution in [3.05, 3.63) is 34.3 Å². The highest BCUT2D eigenvalue weighted by atomic mass is 16.7. The maximum absolute atomic E-state index is 12.2. The van der Waals surface area contributed by atoms with Crippen LogP contribution >= 0.6 is 0 Å². The summed E-state index contributed by atoms with van der Waals surface area (Å²) in [7, 11) is 1.48. The van der Waals surface area contributed by atoms with Gasteiger partial charge in [0.2, 0.25) is 6.04 Å². The molecule has 1 saturated carbocycles. The van der Waals surface area contributed by atoms with Crippen LogP contribution in [0.1, 0.15) is 25.0 Å². The lowest BCUT2D eigenvalue weighted by Crippen LogP contribution is -2.48. The van der Waals surface area contributed by atoms with Gasteiger partial charge in [0.15, 0.2) is 0 Å². The lowest BCUT2D eigenvalue weighted by Gasteiger charge is -2.34. The Kier molecular flexibility index (Phi) is 5.08. The number of carbonyl (C=O) groups is 1. The van der Waals surface area contributed by atoms with Crippen molar-refractivity contribution in [3.8, 4) is 0 Å². The second-order valence-corrected chi connectivity index (χ2v) is 5.30. The molecule has 1 aromatic heterocycles. The third-order valence-electron chi connectivity index (χ3n) is 4.09. The number of nitrogens with zero attached hydrogens (tertiary/aromatic N) is 1. The van der Waals surface area contributed by atoms with Crippen molar-refractivity contribution >= 4 is 5.78 Å². The van der Waals surface area contributed by atoms with Crippen molar-refractivity contribution in [1.29, 1.82) is 0 Å². The Labute approximate surface area is 122 Å². The molecule has 0 aliphatic heterocycles. The van der Waals surface area contributed by atoms with E-state index in [1.807, 2.05) is 0 Å². The predicted octanol–water partition coefficient (Wildman–Crippen LogP) is 1.85. The van der Waals surface area contributed by atoms with Gasteiger partial charge >= 0.3 is 0 Å². The topological polar surface area (TPSA) is 91.8 Å². The number of hydrogen-bond acceptors (Lipinski definition) is 6. The zero-order valence-corrected chi connectivity index (χ0v) is 12.1. The Morgan fingerprint density at radius 2 is 2.29 bits per heavy atom. The fourth-order valence-corrected chi connectivity index (χ4v) is 2.94. The normalized spacial score (nSPS) is 29.5. The molecule has 0 radical (unpaired) electrons. The smallest absolute Gasteiger partial charge is 0.229 e. The van der Waals surface area contributed by atoms with E-state index in [0.29, 0.717) is 5.76 Å². The molecule has 0 bridgehead atoms. The standard InChI is InChI=1S/C14H19NO6/c1-9-11(7-20-8-19-2)14(15(17)18)10(6-12(9)16)13-4-3-5-21-13/h3-5,9-11,14H,6-8H2,1-2H3/t9-,10-,11+,14-/m1/s1. The predicted molar refractivity (Wildman–Crippen MR) is 72.3 cm³/mol. The van der Waals surface area contributed by atoms with Crippen LogP contribution in [-0.4, -0.2) is 37.3 Å². The van der Waals surface area contributed by atoms with E-state index in [-0.39, 0.29) is 30.5 Å². The van der Waals surface area contributed by atoms with Gasteiger partial charge in [0.05, 0.1) is 24.7 Å². The van der Waals surface area contributed by atoms with Crippen molar-refractivity contribution in [2.75, 3.05) is 20.5 Å². The van der Waals surface area contributed by atoms with Crippen molar-refractivity contribution in [1.82, 2.24) is 0 Å². The van der Waals surface area contributed by atoms with E-state index in [4.69, 9.17) is 13.9 Å². The SMILES string of the molecule is COCOC[C@@H]1[C@H]([N+](=O)[O-])[C@@H](c2ccco2)CC(=O)[C@@H]1C. The van der Waals surface area contributed by atoms with Gasteiger partial charge < -0.3 is 13.9 Å². The largest absolute Gasteiger partial charge is 0.469 e.